The number of benzene rings is 3. The lowest BCUT2D eigenvalue weighted by molar-refractivity contribution is -0.268. The summed E-state index contributed by atoms with van der Waals surface area (Å²) in [6.07, 6.45) is 0.164. The molecule has 1 fully saturated rings. The number of aromatic nitrogens is 2. The summed E-state index contributed by atoms with van der Waals surface area (Å²) >= 11 is 3.23. The zero-order valence-electron chi connectivity index (χ0n) is 24.1. The second kappa shape index (κ2) is 14.8. The third-order valence-electron chi connectivity index (χ3n) is 7.19. The van der Waals surface area contributed by atoms with Crippen LogP contribution in [0.5, 0.6) is 0 Å². The molecule has 2 heterocycles. The van der Waals surface area contributed by atoms with Crippen LogP contribution < -0.4 is 5.32 Å². The zero-order valence-corrected chi connectivity index (χ0v) is 25.8. The van der Waals surface area contributed by atoms with Crippen LogP contribution in [0.3, 0.4) is 0 Å². The van der Waals surface area contributed by atoms with Gasteiger partial charge in [-0.3, -0.25) is 0 Å². The van der Waals surface area contributed by atoms with Crippen molar-refractivity contribution in [3.63, 3.8) is 0 Å². The number of carbonyl (C=O) groups excluding carboxylic acids is 1. The van der Waals surface area contributed by atoms with Crippen molar-refractivity contribution < 1.29 is 24.1 Å². The van der Waals surface area contributed by atoms with Gasteiger partial charge >= 0.3 is 6.09 Å². The summed E-state index contributed by atoms with van der Waals surface area (Å²) in [4.78, 5) is 11.9. The first-order valence-corrected chi connectivity index (χ1v) is 15.9. The molecule has 0 spiro atoms. The van der Waals surface area contributed by atoms with Crippen molar-refractivity contribution in [2.75, 3.05) is 12.4 Å². The lowest BCUT2D eigenvalue weighted by Crippen LogP contribution is -2.38. The molecule has 1 aliphatic rings. The largest absolute Gasteiger partial charge is 0.445 e. The minimum absolute atomic E-state index is 0.00290. The highest BCUT2D eigenvalue weighted by Gasteiger charge is 2.38. The number of aliphatic hydroxyl groups excluding tert-OH is 1. The average molecular weight is 618 g/mol. The van der Waals surface area contributed by atoms with Crippen molar-refractivity contribution in [3.05, 3.63) is 113 Å². The summed E-state index contributed by atoms with van der Waals surface area (Å²) in [6.45, 7) is 8.17. The van der Waals surface area contributed by atoms with E-state index in [0.717, 1.165) is 42.7 Å². The molecular weight excluding hydrogens is 583 g/mol. The van der Waals surface area contributed by atoms with Gasteiger partial charge in [0.15, 0.2) is 10.6 Å². The Balaban J connectivity index is 1.37. The first kappa shape index (κ1) is 30.9. The van der Waals surface area contributed by atoms with Crippen LogP contribution in [0.25, 0.3) is 11.1 Å². The monoisotopic (exact) mass is 617 g/mol. The molecule has 4 unspecified atom stereocenters. The molecule has 3 aromatic carbocycles. The Morgan fingerprint density at radius 3 is 2.53 bits per heavy atom. The number of nitrogens with one attached hydrogen (secondary N) is 1. The highest BCUT2D eigenvalue weighted by Crippen LogP contribution is 2.43. The molecule has 1 amide bonds. The lowest BCUT2D eigenvalue weighted by atomic mass is 9.91. The molecule has 0 aliphatic carbocycles. The minimum Gasteiger partial charge on any atom is -0.445 e. The second-order valence-corrected chi connectivity index (χ2v) is 12.7. The SMILES string of the molecule is C=CCOC(=O)NCc1cccc(-c2cccc(C3OC(CSc4nnc(C)s4)C(C)C(c4ccc(CO)cc4)O3)c2)c1. The Hall–Kier alpha value is -3.54. The molecule has 1 aliphatic heterocycles. The molecule has 4 atom stereocenters. The van der Waals surface area contributed by atoms with Gasteiger partial charge in [-0.2, -0.15) is 0 Å². The summed E-state index contributed by atoms with van der Waals surface area (Å²) in [5.41, 5.74) is 5.80. The van der Waals surface area contributed by atoms with Gasteiger partial charge in [-0.1, -0.05) is 103 Å². The number of carbonyl (C=O) groups is 1. The summed E-state index contributed by atoms with van der Waals surface area (Å²) in [5.74, 6) is 0.786. The number of ether oxygens (including phenoxy) is 3. The van der Waals surface area contributed by atoms with Crippen LogP contribution in [0, 0.1) is 12.8 Å². The lowest BCUT2D eigenvalue weighted by Gasteiger charge is -2.41. The van der Waals surface area contributed by atoms with Crippen molar-refractivity contribution in [2.45, 2.75) is 49.8 Å². The molecule has 1 saturated heterocycles. The number of alkyl carbamates (subject to hydrolysis) is 1. The van der Waals surface area contributed by atoms with Crippen LogP contribution >= 0.6 is 23.1 Å². The highest BCUT2D eigenvalue weighted by atomic mass is 32.2. The number of nitrogens with zero attached hydrogens (tertiary/aromatic N) is 2. The van der Waals surface area contributed by atoms with E-state index in [2.05, 4.69) is 41.1 Å². The van der Waals surface area contributed by atoms with E-state index in [1.54, 1.807) is 23.1 Å². The van der Waals surface area contributed by atoms with E-state index in [9.17, 15) is 9.90 Å². The highest BCUT2D eigenvalue weighted by molar-refractivity contribution is 8.01. The van der Waals surface area contributed by atoms with Gasteiger partial charge in [0.25, 0.3) is 0 Å². The Kier molecular flexibility index (Phi) is 10.6. The van der Waals surface area contributed by atoms with Crippen LogP contribution in [0.1, 0.15) is 46.6 Å². The van der Waals surface area contributed by atoms with Crippen LogP contribution in [-0.2, 0) is 27.4 Å². The van der Waals surface area contributed by atoms with Gasteiger partial charge in [-0.25, -0.2) is 4.79 Å². The van der Waals surface area contributed by atoms with Crippen molar-refractivity contribution in [2.24, 2.45) is 5.92 Å². The second-order valence-electron chi connectivity index (χ2n) is 10.3. The summed E-state index contributed by atoms with van der Waals surface area (Å²) in [6, 6.07) is 24.1. The van der Waals surface area contributed by atoms with E-state index in [4.69, 9.17) is 14.2 Å². The van der Waals surface area contributed by atoms with E-state index in [1.165, 1.54) is 6.08 Å². The van der Waals surface area contributed by atoms with E-state index in [0.29, 0.717) is 12.3 Å². The van der Waals surface area contributed by atoms with Gasteiger partial charge in [0.05, 0.1) is 18.8 Å². The standard InChI is InChI=1S/C33H35N3O5S2/c1-4-15-39-32(38)34-18-24-7-5-8-26(16-24)27-9-6-10-28(17-27)31-40-29(20-42-33-36-35-22(3)43-33)21(2)30(41-31)25-13-11-23(19-37)12-14-25/h4-14,16-17,21,29-31,37H,1,15,18-20H2,2-3H3,(H,34,38). The van der Waals surface area contributed by atoms with Gasteiger partial charge in [-0.15, -0.1) is 10.2 Å². The van der Waals surface area contributed by atoms with Crippen molar-refractivity contribution in [1.82, 2.24) is 15.5 Å². The normalized spacial score (nSPS) is 20.0. The zero-order chi connectivity index (χ0) is 30.2. The van der Waals surface area contributed by atoms with E-state index < -0.39 is 12.4 Å². The van der Waals surface area contributed by atoms with Crippen LogP contribution in [0.2, 0.25) is 0 Å². The molecule has 43 heavy (non-hydrogen) atoms. The van der Waals surface area contributed by atoms with E-state index in [-0.39, 0.29) is 31.3 Å². The number of hydrogen-bond acceptors (Lipinski definition) is 9. The van der Waals surface area contributed by atoms with Gasteiger partial charge < -0.3 is 24.6 Å². The van der Waals surface area contributed by atoms with Crippen molar-refractivity contribution in [3.8, 4) is 11.1 Å². The van der Waals surface area contributed by atoms with Crippen LogP contribution in [0.15, 0.2) is 89.8 Å². The van der Waals surface area contributed by atoms with E-state index >= 15 is 0 Å². The fourth-order valence-corrected chi connectivity index (χ4v) is 6.89. The first-order valence-electron chi connectivity index (χ1n) is 14.1. The third-order valence-corrected chi connectivity index (χ3v) is 9.25. The quantitative estimate of drug-likeness (QED) is 0.137. The molecule has 4 aromatic rings. The Bertz CT molecular complexity index is 1530. The van der Waals surface area contributed by atoms with Gasteiger partial charge in [0, 0.05) is 23.8 Å². The summed E-state index contributed by atoms with van der Waals surface area (Å²) < 4.78 is 19.2. The predicted octanol–water partition coefficient (Wildman–Crippen LogP) is 7.00. The molecule has 1 aromatic heterocycles. The fraction of sp³-hybridized carbons (Fsp3) is 0.303. The molecule has 10 heteroatoms. The van der Waals surface area contributed by atoms with Crippen molar-refractivity contribution >= 4 is 29.2 Å². The molecule has 8 nitrogen and oxygen atoms in total. The third kappa shape index (κ3) is 8.10. The average Bonchev–Trinajstić information content (AvgIpc) is 3.47. The maximum Gasteiger partial charge on any atom is 0.407 e. The number of amides is 1. The molecule has 2 N–H and O–H groups in total. The molecule has 224 valence electrons. The van der Waals surface area contributed by atoms with Gasteiger partial charge in [-0.05, 0) is 46.9 Å². The van der Waals surface area contributed by atoms with Crippen LogP contribution in [-0.4, -0.2) is 39.9 Å². The Labute approximate surface area is 260 Å². The number of thioether (sulfide) groups is 1. The maximum atomic E-state index is 11.9. The van der Waals surface area contributed by atoms with Gasteiger partial charge in [0.2, 0.25) is 0 Å². The first-order chi connectivity index (χ1) is 20.9. The number of aryl methyl sites for hydroxylation is 1. The maximum absolute atomic E-state index is 11.9. The minimum atomic E-state index is -0.579. The van der Waals surface area contributed by atoms with Gasteiger partial charge in [0.1, 0.15) is 11.6 Å². The predicted molar refractivity (Wildman–Crippen MR) is 169 cm³/mol. The fourth-order valence-electron chi connectivity index (χ4n) is 4.89. The summed E-state index contributed by atoms with van der Waals surface area (Å²) in [7, 11) is 0. The summed E-state index contributed by atoms with van der Waals surface area (Å²) in [5, 5.41) is 21.7. The smallest absolute Gasteiger partial charge is 0.407 e. The molecule has 0 bridgehead atoms. The number of hydrogen-bond donors (Lipinski definition) is 2. The number of aliphatic hydroxyl groups is 1. The van der Waals surface area contributed by atoms with Crippen LogP contribution in [0.4, 0.5) is 4.79 Å². The van der Waals surface area contributed by atoms with E-state index in [1.807, 2.05) is 67.6 Å². The molecule has 5 rings (SSSR count). The van der Waals surface area contributed by atoms with Crippen molar-refractivity contribution in [1.29, 1.82) is 0 Å². The Morgan fingerprint density at radius 1 is 1.05 bits per heavy atom. The molecule has 0 radical (unpaired) electrons. The molecule has 0 saturated carbocycles. The number of rotatable bonds is 11. The molecular formula is C33H35N3O5S2. The topological polar surface area (TPSA) is 103 Å². The Morgan fingerprint density at radius 2 is 1.81 bits per heavy atom.